The molecule has 10 heteroatoms. The maximum absolute atomic E-state index is 13.1. The Morgan fingerprint density at radius 2 is 1.71 bits per heavy atom. The van der Waals surface area contributed by atoms with Crippen molar-refractivity contribution >= 4 is 68.1 Å². The summed E-state index contributed by atoms with van der Waals surface area (Å²) in [5.74, 6) is -0.653. The van der Waals surface area contributed by atoms with E-state index in [1.165, 1.54) is 0 Å². The minimum atomic E-state index is -0.437. The number of para-hydroxylation sites is 1. The van der Waals surface area contributed by atoms with Gasteiger partial charge in [0.1, 0.15) is 6.54 Å². The van der Waals surface area contributed by atoms with Crippen molar-refractivity contribution in [3.63, 3.8) is 0 Å². The molecule has 3 amide bonds. The molecule has 5 rings (SSSR count). The summed E-state index contributed by atoms with van der Waals surface area (Å²) in [5, 5.41) is 0.176. The summed E-state index contributed by atoms with van der Waals surface area (Å²) < 4.78 is 2.86. The van der Waals surface area contributed by atoms with Crippen LogP contribution >= 0.6 is 39.3 Å². The normalized spacial score (nSPS) is 17.2. The highest BCUT2D eigenvalue weighted by Gasteiger charge is 2.37. The number of nitrogens with zero attached hydrogens (tertiary/aromatic N) is 4. The SMILES string of the molecule is Cc1cc(/C=C2/SC(=O)N(CC(=O)N3CCN(c4ccccc4)CC3)C2=O)c(C)n1-c1ccc(Br)c(Cl)c1. The molecule has 0 N–H and O–H groups in total. The molecule has 1 aromatic heterocycles. The number of aryl methyl sites for hydroxylation is 1. The average molecular weight is 614 g/mol. The lowest BCUT2D eigenvalue weighted by atomic mass is 10.2. The van der Waals surface area contributed by atoms with Gasteiger partial charge in [-0.3, -0.25) is 19.3 Å². The van der Waals surface area contributed by atoms with Crippen molar-refractivity contribution in [3.8, 4) is 5.69 Å². The van der Waals surface area contributed by atoms with Gasteiger partial charge in [-0.15, -0.1) is 0 Å². The fraction of sp³-hybridized carbons (Fsp3) is 0.250. The Morgan fingerprint density at radius 1 is 1.00 bits per heavy atom. The summed E-state index contributed by atoms with van der Waals surface area (Å²) in [6.45, 7) is 6.19. The van der Waals surface area contributed by atoms with Crippen molar-refractivity contribution in [2.75, 3.05) is 37.6 Å². The largest absolute Gasteiger partial charge is 0.368 e. The first-order chi connectivity index (χ1) is 18.2. The molecule has 0 bridgehead atoms. The van der Waals surface area contributed by atoms with Gasteiger partial charge in [0.15, 0.2) is 0 Å². The smallest absolute Gasteiger partial charge is 0.294 e. The number of hydrogen-bond donors (Lipinski definition) is 0. The molecule has 0 spiro atoms. The molecule has 38 heavy (non-hydrogen) atoms. The number of hydrogen-bond acceptors (Lipinski definition) is 5. The van der Waals surface area contributed by atoms with Gasteiger partial charge in [-0.05, 0) is 89.6 Å². The van der Waals surface area contributed by atoms with Crippen LogP contribution in [0, 0.1) is 13.8 Å². The first-order valence-corrected chi connectivity index (χ1v) is 14.2. The van der Waals surface area contributed by atoms with Crippen LogP contribution in [0.3, 0.4) is 0 Å². The highest BCUT2D eigenvalue weighted by molar-refractivity contribution is 9.10. The van der Waals surface area contributed by atoms with Crippen LogP contribution < -0.4 is 4.90 Å². The number of amides is 3. The summed E-state index contributed by atoms with van der Waals surface area (Å²) in [5.41, 5.74) is 4.74. The first-order valence-electron chi connectivity index (χ1n) is 12.2. The number of carbonyl (C=O) groups is 3. The van der Waals surface area contributed by atoms with Crippen LogP contribution in [0.15, 0.2) is 64.0 Å². The van der Waals surface area contributed by atoms with E-state index in [9.17, 15) is 14.4 Å². The van der Waals surface area contributed by atoms with E-state index in [0.717, 1.165) is 49.5 Å². The van der Waals surface area contributed by atoms with Gasteiger partial charge in [-0.2, -0.15) is 0 Å². The van der Waals surface area contributed by atoms with Crippen LogP contribution in [0.4, 0.5) is 10.5 Å². The molecular weight excluding hydrogens is 588 g/mol. The Bertz CT molecular complexity index is 1450. The van der Waals surface area contributed by atoms with E-state index in [1.807, 2.05) is 60.9 Å². The first kappa shape index (κ1) is 26.6. The summed E-state index contributed by atoms with van der Waals surface area (Å²) in [7, 11) is 0. The molecule has 0 unspecified atom stereocenters. The molecule has 0 radical (unpaired) electrons. The standard InChI is InChI=1S/C28H26BrClN4O3S/c1-18-14-20(19(2)34(18)22-8-9-23(29)24(30)16-22)15-25-27(36)33(28(37)38-25)17-26(35)32-12-10-31(11-13-32)21-6-4-3-5-7-21/h3-9,14-16H,10-13,17H2,1-2H3/b25-15+. The third-order valence-corrected chi connectivity index (χ3v) is 8.98. The predicted molar refractivity (Wildman–Crippen MR) is 156 cm³/mol. The number of aromatic nitrogens is 1. The van der Waals surface area contributed by atoms with E-state index in [-0.39, 0.29) is 12.5 Å². The topological polar surface area (TPSA) is 65.9 Å². The lowest BCUT2D eigenvalue weighted by Crippen LogP contribution is -2.51. The van der Waals surface area contributed by atoms with Crippen LogP contribution in [0.25, 0.3) is 11.8 Å². The molecule has 3 heterocycles. The van der Waals surface area contributed by atoms with Crippen LogP contribution in [0.2, 0.25) is 5.02 Å². The minimum absolute atomic E-state index is 0.216. The van der Waals surface area contributed by atoms with Gasteiger partial charge in [0.05, 0.1) is 9.93 Å². The molecule has 3 aromatic rings. The van der Waals surface area contributed by atoms with E-state index < -0.39 is 11.1 Å². The number of carbonyl (C=O) groups excluding carboxylic acids is 3. The molecule has 2 fully saturated rings. The third-order valence-electron chi connectivity index (χ3n) is 6.84. The molecule has 0 atom stereocenters. The number of halogens is 2. The van der Waals surface area contributed by atoms with Crippen LogP contribution in [-0.4, -0.2) is 64.1 Å². The molecule has 196 valence electrons. The highest BCUT2D eigenvalue weighted by atomic mass is 79.9. The molecule has 2 aliphatic heterocycles. The molecule has 2 aromatic carbocycles. The van der Waals surface area contributed by atoms with Crippen LogP contribution in [0.5, 0.6) is 0 Å². The second-order valence-electron chi connectivity index (χ2n) is 9.23. The fourth-order valence-corrected chi connectivity index (χ4v) is 6.07. The molecule has 7 nitrogen and oxygen atoms in total. The maximum Gasteiger partial charge on any atom is 0.294 e. The average Bonchev–Trinajstić information content (AvgIpc) is 3.34. The maximum atomic E-state index is 13.1. The monoisotopic (exact) mass is 612 g/mol. The number of imide groups is 1. The zero-order valence-electron chi connectivity index (χ0n) is 21.0. The summed E-state index contributed by atoms with van der Waals surface area (Å²) in [6.07, 6.45) is 1.73. The zero-order chi connectivity index (χ0) is 27.0. The van der Waals surface area contributed by atoms with Gasteiger partial charge < -0.3 is 14.4 Å². The second-order valence-corrected chi connectivity index (χ2v) is 11.5. The van der Waals surface area contributed by atoms with Crippen molar-refractivity contribution in [3.05, 3.63) is 85.9 Å². The molecular formula is C28H26BrClN4O3S. The second kappa shape index (κ2) is 11.0. The van der Waals surface area contributed by atoms with Crippen molar-refractivity contribution in [2.24, 2.45) is 0 Å². The Kier molecular flexibility index (Phi) is 7.70. The Labute approximate surface area is 239 Å². The van der Waals surface area contributed by atoms with Crippen molar-refractivity contribution in [1.29, 1.82) is 0 Å². The quantitative estimate of drug-likeness (QED) is 0.336. The van der Waals surface area contributed by atoms with Gasteiger partial charge in [0.25, 0.3) is 11.1 Å². The summed E-state index contributed by atoms with van der Waals surface area (Å²) >= 11 is 10.6. The predicted octanol–water partition coefficient (Wildman–Crippen LogP) is 5.90. The van der Waals surface area contributed by atoms with Gasteiger partial charge in [-0.25, -0.2) is 0 Å². The van der Waals surface area contributed by atoms with E-state index in [4.69, 9.17) is 11.6 Å². The zero-order valence-corrected chi connectivity index (χ0v) is 24.1. The van der Waals surface area contributed by atoms with E-state index >= 15 is 0 Å². The number of anilines is 1. The lowest BCUT2D eigenvalue weighted by Gasteiger charge is -2.36. The molecule has 0 saturated carbocycles. The van der Waals surface area contributed by atoms with Gasteiger partial charge >= 0.3 is 0 Å². The van der Waals surface area contributed by atoms with Gasteiger partial charge in [0.2, 0.25) is 5.91 Å². The molecule has 2 saturated heterocycles. The van der Waals surface area contributed by atoms with Crippen molar-refractivity contribution < 1.29 is 14.4 Å². The number of piperazine rings is 1. The van der Waals surface area contributed by atoms with Crippen molar-refractivity contribution in [1.82, 2.24) is 14.4 Å². The number of thioether (sulfide) groups is 1. The number of rotatable bonds is 5. The molecule has 0 aliphatic carbocycles. The highest BCUT2D eigenvalue weighted by Crippen LogP contribution is 2.34. The Morgan fingerprint density at radius 3 is 2.39 bits per heavy atom. The van der Waals surface area contributed by atoms with Crippen LogP contribution in [0.1, 0.15) is 17.0 Å². The molecule has 2 aliphatic rings. The summed E-state index contributed by atoms with van der Waals surface area (Å²) in [4.78, 5) is 44.1. The van der Waals surface area contributed by atoms with E-state index in [1.54, 1.807) is 11.0 Å². The summed E-state index contributed by atoms with van der Waals surface area (Å²) in [6, 6.07) is 17.8. The van der Waals surface area contributed by atoms with E-state index in [2.05, 4.69) is 33.0 Å². The minimum Gasteiger partial charge on any atom is -0.368 e. The third kappa shape index (κ3) is 5.28. The Hall–Kier alpha value is -3.01. The van der Waals surface area contributed by atoms with Crippen molar-refractivity contribution in [2.45, 2.75) is 13.8 Å². The van der Waals surface area contributed by atoms with Gasteiger partial charge in [-0.1, -0.05) is 29.8 Å². The number of benzene rings is 2. The lowest BCUT2D eigenvalue weighted by molar-refractivity contribution is -0.136. The van der Waals surface area contributed by atoms with Gasteiger partial charge in [0, 0.05) is 53.4 Å². The Balaban J connectivity index is 1.27. The van der Waals surface area contributed by atoms with Crippen LogP contribution in [-0.2, 0) is 9.59 Å². The fourth-order valence-electron chi connectivity index (χ4n) is 4.82. The van der Waals surface area contributed by atoms with E-state index in [0.29, 0.717) is 36.1 Å².